The number of carboxylic acids is 1. The number of rotatable bonds is 7. The fourth-order valence-electron chi connectivity index (χ4n) is 6.12. The maximum atomic E-state index is 12.0. The fraction of sp³-hybridized carbons (Fsp3) is 0.625. The van der Waals surface area contributed by atoms with Gasteiger partial charge in [0.25, 0.3) is 0 Å². The number of hydrogen-bond acceptors (Lipinski definition) is 5. The van der Waals surface area contributed by atoms with Crippen LogP contribution in [-0.4, -0.2) is 35.7 Å². The highest BCUT2D eigenvalue weighted by Gasteiger charge is 2.59. The van der Waals surface area contributed by atoms with E-state index >= 15 is 0 Å². The van der Waals surface area contributed by atoms with Crippen LogP contribution in [0.2, 0.25) is 0 Å². The van der Waals surface area contributed by atoms with Crippen LogP contribution < -0.4 is 10.1 Å². The molecule has 0 saturated heterocycles. The Kier molecular flexibility index (Phi) is 5.69. The predicted molar refractivity (Wildman–Crippen MR) is 115 cm³/mol. The van der Waals surface area contributed by atoms with Crippen LogP contribution in [0.1, 0.15) is 51.5 Å². The van der Waals surface area contributed by atoms with Crippen LogP contribution in [0.3, 0.4) is 0 Å². The van der Waals surface area contributed by atoms with Crippen molar-refractivity contribution in [1.82, 2.24) is 5.32 Å². The van der Waals surface area contributed by atoms with E-state index < -0.39 is 17.0 Å². The summed E-state index contributed by atoms with van der Waals surface area (Å²) in [6, 6.07) is 7.82. The SMILES string of the molecule is COc1ccc(COC(C)(C)C(=NC#N)NC2C3CC4CC2CC(C(=O)O)(C4)C3)cc1. The van der Waals surface area contributed by atoms with Gasteiger partial charge in [0.2, 0.25) is 6.19 Å². The molecule has 1 aromatic rings. The molecule has 4 fully saturated rings. The van der Waals surface area contributed by atoms with Gasteiger partial charge in [0, 0.05) is 6.04 Å². The van der Waals surface area contributed by atoms with Gasteiger partial charge < -0.3 is 19.9 Å². The molecule has 0 radical (unpaired) electrons. The monoisotopic (exact) mass is 425 g/mol. The zero-order chi connectivity index (χ0) is 22.2. The molecule has 7 heteroatoms. The Morgan fingerprint density at radius 3 is 2.45 bits per heavy atom. The molecule has 1 aromatic carbocycles. The molecule has 31 heavy (non-hydrogen) atoms. The van der Waals surface area contributed by atoms with Crippen LogP contribution in [0.15, 0.2) is 29.3 Å². The second-order valence-electron chi connectivity index (χ2n) is 9.93. The Morgan fingerprint density at radius 1 is 1.26 bits per heavy atom. The zero-order valence-corrected chi connectivity index (χ0v) is 18.4. The fourth-order valence-corrected chi connectivity index (χ4v) is 6.12. The quantitative estimate of drug-likeness (QED) is 0.392. The number of ether oxygens (including phenoxy) is 2. The van der Waals surface area contributed by atoms with Crippen LogP contribution in [0.5, 0.6) is 5.75 Å². The zero-order valence-electron chi connectivity index (χ0n) is 18.4. The number of carboxylic acid groups (broad SMARTS) is 1. The van der Waals surface area contributed by atoms with Crippen molar-refractivity contribution in [3.63, 3.8) is 0 Å². The van der Waals surface area contributed by atoms with Crippen molar-refractivity contribution in [1.29, 1.82) is 5.26 Å². The van der Waals surface area contributed by atoms with E-state index in [1.54, 1.807) is 7.11 Å². The van der Waals surface area contributed by atoms with Crippen LogP contribution in [0, 0.1) is 34.6 Å². The van der Waals surface area contributed by atoms with E-state index in [-0.39, 0.29) is 6.04 Å². The number of aliphatic carboxylic acids is 1. The van der Waals surface area contributed by atoms with Gasteiger partial charge in [-0.25, -0.2) is 0 Å². The first-order chi connectivity index (χ1) is 14.8. The van der Waals surface area contributed by atoms with E-state index in [9.17, 15) is 15.2 Å². The van der Waals surface area contributed by atoms with Gasteiger partial charge in [-0.3, -0.25) is 4.79 Å². The first kappa shape index (κ1) is 21.6. The van der Waals surface area contributed by atoms with E-state index in [2.05, 4.69) is 10.3 Å². The Balaban J connectivity index is 1.46. The predicted octanol–water partition coefficient (Wildman–Crippen LogP) is 3.74. The van der Waals surface area contributed by atoms with Crippen molar-refractivity contribution in [3.05, 3.63) is 29.8 Å². The van der Waals surface area contributed by atoms with E-state index in [0.717, 1.165) is 30.6 Å². The van der Waals surface area contributed by atoms with Crippen LogP contribution in [0.4, 0.5) is 0 Å². The van der Waals surface area contributed by atoms with Crippen molar-refractivity contribution in [3.8, 4) is 11.9 Å². The lowest BCUT2D eigenvalue weighted by Gasteiger charge is -2.58. The number of benzene rings is 1. The number of carbonyl (C=O) groups is 1. The molecule has 0 aromatic heterocycles. The minimum Gasteiger partial charge on any atom is -0.497 e. The van der Waals surface area contributed by atoms with Gasteiger partial charge in [0.1, 0.15) is 17.2 Å². The summed E-state index contributed by atoms with van der Waals surface area (Å²) in [6.07, 6.45) is 6.26. The molecule has 0 spiro atoms. The van der Waals surface area contributed by atoms with E-state index in [0.29, 0.717) is 43.0 Å². The molecular formula is C24H31N3O4. The molecule has 2 N–H and O–H groups in total. The summed E-state index contributed by atoms with van der Waals surface area (Å²) in [5.74, 6) is 1.76. The highest BCUT2D eigenvalue weighted by molar-refractivity contribution is 5.91. The van der Waals surface area contributed by atoms with Gasteiger partial charge in [-0.05, 0) is 81.4 Å². The summed E-state index contributed by atoms with van der Waals surface area (Å²) in [7, 11) is 1.63. The lowest BCUT2D eigenvalue weighted by atomic mass is 9.48. The molecule has 4 aliphatic rings. The first-order valence-electron chi connectivity index (χ1n) is 11.0. The molecule has 2 unspecified atom stereocenters. The molecule has 0 amide bonds. The molecule has 0 aliphatic heterocycles. The number of aliphatic imine (C=N–C) groups is 1. The normalized spacial score (nSPS) is 31.9. The molecular weight excluding hydrogens is 394 g/mol. The molecule has 2 atom stereocenters. The molecule has 7 nitrogen and oxygen atoms in total. The molecule has 4 aliphatic carbocycles. The molecule has 5 rings (SSSR count). The lowest BCUT2D eigenvalue weighted by molar-refractivity contribution is -0.166. The summed E-state index contributed by atoms with van der Waals surface area (Å²) in [5.41, 5.74) is -0.334. The number of nitriles is 1. The minimum atomic E-state index is -0.783. The standard InChI is InChI=1S/C24H31N3O4/c1-23(2,31-13-15-4-6-19(30-3)7-5-15)21(26-14-25)27-20-17-8-16-9-18(20)12-24(10-16,11-17)22(28)29/h4-7,16-18,20H,8-13H2,1-3H3,(H,26,27)(H,28,29). The Labute approximate surface area is 183 Å². The van der Waals surface area contributed by atoms with Crippen LogP contribution >= 0.6 is 0 Å². The number of nitrogens with zero attached hydrogens (tertiary/aromatic N) is 2. The van der Waals surface area contributed by atoms with E-state index in [4.69, 9.17) is 9.47 Å². The van der Waals surface area contributed by atoms with Crippen molar-refractivity contribution in [2.45, 2.75) is 64.2 Å². The topological polar surface area (TPSA) is 104 Å². The third-order valence-electron chi connectivity index (χ3n) is 7.52. The molecule has 166 valence electrons. The highest BCUT2D eigenvalue weighted by atomic mass is 16.5. The van der Waals surface area contributed by atoms with Crippen LogP contribution in [-0.2, 0) is 16.1 Å². The summed E-state index contributed by atoms with van der Waals surface area (Å²) >= 11 is 0. The third kappa shape index (κ3) is 4.14. The van der Waals surface area contributed by atoms with Crippen molar-refractivity contribution in [2.75, 3.05) is 7.11 Å². The largest absolute Gasteiger partial charge is 0.497 e. The lowest BCUT2D eigenvalue weighted by Crippen LogP contribution is -2.62. The average molecular weight is 426 g/mol. The Morgan fingerprint density at radius 2 is 1.90 bits per heavy atom. The summed E-state index contributed by atoms with van der Waals surface area (Å²) < 4.78 is 11.4. The Hall–Kier alpha value is -2.59. The van der Waals surface area contributed by atoms with Crippen molar-refractivity contribution >= 4 is 11.8 Å². The smallest absolute Gasteiger partial charge is 0.309 e. The minimum absolute atomic E-state index is 0.139. The average Bonchev–Trinajstić information content (AvgIpc) is 2.74. The van der Waals surface area contributed by atoms with Crippen molar-refractivity contribution in [2.24, 2.45) is 28.2 Å². The number of amidine groups is 1. The second-order valence-corrected chi connectivity index (χ2v) is 9.93. The number of hydrogen-bond donors (Lipinski definition) is 2. The van der Waals surface area contributed by atoms with E-state index in [1.165, 1.54) is 0 Å². The molecule has 4 bridgehead atoms. The van der Waals surface area contributed by atoms with Gasteiger partial charge in [-0.1, -0.05) is 12.1 Å². The summed E-state index contributed by atoms with van der Waals surface area (Å²) in [6.45, 7) is 4.20. The van der Waals surface area contributed by atoms with Gasteiger partial charge in [0.05, 0.1) is 19.1 Å². The van der Waals surface area contributed by atoms with Crippen LogP contribution in [0.25, 0.3) is 0 Å². The summed E-state index contributed by atoms with van der Waals surface area (Å²) in [5, 5.41) is 22.7. The number of nitrogens with one attached hydrogen (secondary N) is 1. The Bertz CT molecular complexity index is 886. The first-order valence-corrected chi connectivity index (χ1v) is 11.0. The van der Waals surface area contributed by atoms with E-state index in [1.807, 2.05) is 44.3 Å². The second kappa shape index (κ2) is 8.16. The molecule has 0 heterocycles. The maximum absolute atomic E-state index is 12.0. The highest BCUT2D eigenvalue weighted by Crippen LogP contribution is 2.60. The summed E-state index contributed by atoms with van der Waals surface area (Å²) in [4.78, 5) is 16.1. The van der Waals surface area contributed by atoms with Gasteiger partial charge in [-0.2, -0.15) is 10.3 Å². The molecule has 4 saturated carbocycles. The van der Waals surface area contributed by atoms with Gasteiger partial charge in [0.15, 0.2) is 0 Å². The van der Waals surface area contributed by atoms with Crippen molar-refractivity contribution < 1.29 is 19.4 Å². The third-order valence-corrected chi connectivity index (χ3v) is 7.52. The van der Waals surface area contributed by atoms with Gasteiger partial charge >= 0.3 is 5.97 Å². The maximum Gasteiger partial charge on any atom is 0.309 e. The van der Waals surface area contributed by atoms with Gasteiger partial charge in [-0.15, -0.1) is 0 Å². The number of methoxy groups -OCH3 is 1.